The monoisotopic (exact) mass is 378 g/mol. The number of fused-ring (bicyclic) bond motifs is 3. The van der Waals surface area contributed by atoms with Crippen molar-refractivity contribution in [3.05, 3.63) is 20.8 Å². The van der Waals surface area contributed by atoms with Crippen LogP contribution in [0.25, 0.3) is 10.2 Å². The molecule has 0 unspecified atom stereocenters. The van der Waals surface area contributed by atoms with Crippen LogP contribution < -0.4 is 5.56 Å². The predicted octanol–water partition coefficient (Wildman–Crippen LogP) is 3.20. The lowest BCUT2D eigenvalue weighted by Gasteiger charge is -2.16. The van der Waals surface area contributed by atoms with Gasteiger partial charge in [0.2, 0.25) is 0 Å². The zero-order chi connectivity index (χ0) is 17.4. The molecule has 2 aromatic rings. The van der Waals surface area contributed by atoms with E-state index in [2.05, 4.69) is 0 Å². The van der Waals surface area contributed by atoms with Gasteiger partial charge in [-0.1, -0.05) is 11.8 Å². The Kier molecular flexibility index (Phi) is 4.97. The van der Waals surface area contributed by atoms with Crippen molar-refractivity contribution in [2.24, 2.45) is 0 Å². The first kappa shape index (κ1) is 17.2. The first-order valence-electron chi connectivity index (χ1n) is 8.92. The maximum Gasteiger partial charge on any atom is 0.263 e. The van der Waals surface area contributed by atoms with Crippen molar-refractivity contribution < 1.29 is 9.53 Å². The molecule has 1 fully saturated rings. The third-order valence-electron chi connectivity index (χ3n) is 4.85. The number of rotatable bonds is 5. The molecule has 25 heavy (non-hydrogen) atoms. The molecule has 0 aromatic carbocycles. The molecular weight excluding hydrogens is 356 g/mol. The normalized spacial score (nSPS) is 20.1. The summed E-state index contributed by atoms with van der Waals surface area (Å²) in [6.45, 7) is 2.86. The van der Waals surface area contributed by atoms with E-state index in [1.54, 1.807) is 22.8 Å². The lowest BCUT2D eigenvalue weighted by atomic mass is 9.97. The number of nitrogens with zero attached hydrogens (tertiary/aromatic N) is 2. The molecule has 134 valence electrons. The maximum atomic E-state index is 13.3. The summed E-state index contributed by atoms with van der Waals surface area (Å²) in [5.41, 5.74) is 1.26. The molecule has 3 heterocycles. The Bertz CT molecular complexity index is 865. The number of carbonyl (C=O) groups excluding carboxylic acids is 1. The Hall–Kier alpha value is -1.18. The van der Waals surface area contributed by atoms with E-state index in [1.165, 1.54) is 28.6 Å². The van der Waals surface area contributed by atoms with Gasteiger partial charge in [-0.15, -0.1) is 11.3 Å². The average Bonchev–Trinajstić information content (AvgIpc) is 3.22. The second-order valence-corrected chi connectivity index (χ2v) is 8.85. The average molecular weight is 379 g/mol. The van der Waals surface area contributed by atoms with Gasteiger partial charge in [-0.3, -0.25) is 14.2 Å². The van der Waals surface area contributed by atoms with Crippen LogP contribution >= 0.6 is 23.1 Å². The standard InChI is InChI=1S/C18H22N2O3S2/c1-11(21)10-24-18-19-16-15(13-6-2-3-7-14(13)25-16)17(22)20(18)9-12-5-4-8-23-12/h12H,2-10H2,1H3/t12-/m1/s1. The first-order valence-corrected chi connectivity index (χ1v) is 10.7. The fourth-order valence-electron chi connectivity index (χ4n) is 3.65. The van der Waals surface area contributed by atoms with Crippen LogP contribution in [0.2, 0.25) is 0 Å². The summed E-state index contributed by atoms with van der Waals surface area (Å²) >= 11 is 3.03. The molecule has 0 N–H and O–H groups in total. The molecular formula is C18H22N2O3S2. The Balaban J connectivity index is 1.81. The molecule has 1 saturated heterocycles. The van der Waals surface area contributed by atoms with Crippen molar-refractivity contribution in [3.63, 3.8) is 0 Å². The third-order valence-corrected chi connectivity index (χ3v) is 7.16. The highest BCUT2D eigenvalue weighted by Gasteiger charge is 2.24. The van der Waals surface area contributed by atoms with Gasteiger partial charge in [-0.05, 0) is 51.0 Å². The smallest absolute Gasteiger partial charge is 0.263 e. The molecule has 1 aliphatic heterocycles. The Morgan fingerprint density at radius 1 is 1.36 bits per heavy atom. The Morgan fingerprint density at radius 2 is 2.20 bits per heavy atom. The van der Waals surface area contributed by atoms with Crippen LogP contribution in [0.3, 0.4) is 0 Å². The molecule has 0 radical (unpaired) electrons. The van der Waals surface area contributed by atoms with Gasteiger partial charge in [0.15, 0.2) is 5.16 Å². The second kappa shape index (κ2) is 7.21. The second-order valence-electron chi connectivity index (χ2n) is 6.83. The van der Waals surface area contributed by atoms with Crippen molar-refractivity contribution in [1.29, 1.82) is 0 Å². The molecule has 4 rings (SSSR count). The van der Waals surface area contributed by atoms with E-state index in [4.69, 9.17) is 9.72 Å². The van der Waals surface area contributed by atoms with Crippen LogP contribution in [0.5, 0.6) is 0 Å². The Morgan fingerprint density at radius 3 is 2.96 bits per heavy atom. The van der Waals surface area contributed by atoms with Gasteiger partial charge >= 0.3 is 0 Å². The number of carbonyl (C=O) groups is 1. The molecule has 0 spiro atoms. The number of Topliss-reactive ketones (excluding diaryl/α,β-unsaturated/α-hetero) is 1. The summed E-state index contributed by atoms with van der Waals surface area (Å²) in [5.74, 6) is 0.433. The van der Waals surface area contributed by atoms with E-state index < -0.39 is 0 Å². The quantitative estimate of drug-likeness (QED) is 0.591. The lowest BCUT2D eigenvalue weighted by molar-refractivity contribution is -0.114. The lowest BCUT2D eigenvalue weighted by Crippen LogP contribution is -2.29. The van der Waals surface area contributed by atoms with Crippen LogP contribution in [0.15, 0.2) is 9.95 Å². The molecule has 5 nitrogen and oxygen atoms in total. The van der Waals surface area contributed by atoms with Gasteiger partial charge in [-0.25, -0.2) is 4.98 Å². The number of thioether (sulfide) groups is 1. The maximum absolute atomic E-state index is 13.3. The minimum atomic E-state index is 0.0472. The van der Waals surface area contributed by atoms with Crippen LogP contribution in [0.4, 0.5) is 0 Å². The predicted molar refractivity (Wildman–Crippen MR) is 101 cm³/mol. The van der Waals surface area contributed by atoms with Crippen LogP contribution in [-0.2, 0) is 28.9 Å². The third kappa shape index (κ3) is 3.41. The summed E-state index contributed by atoms with van der Waals surface area (Å²) in [6, 6.07) is 0. The van der Waals surface area contributed by atoms with Crippen molar-refractivity contribution >= 4 is 39.1 Å². The zero-order valence-corrected chi connectivity index (χ0v) is 16.0. The van der Waals surface area contributed by atoms with Gasteiger partial charge in [0.05, 0.1) is 23.8 Å². The van der Waals surface area contributed by atoms with E-state index in [-0.39, 0.29) is 17.4 Å². The van der Waals surface area contributed by atoms with Crippen LogP contribution in [0, 0.1) is 0 Å². The van der Waals surface area contributed by atoms with E-state index in [9.17, 15) is 9.59 Å². The number of aryl methyl sites for hydroxylation is 2. The van der Waals surface area contributed by atoms with E-state index in [0.717, 1.165) is 48.9 Å². The molecule has 1 atom stereocenters. The number of thiophene rings is 1. The van der Waals surface area contributed by atoms with Gasteiger partial charge in [-0.2, -0.15) is 0 Å². The summed E-state index contributed by atoms with van der Waals surface area (Å²) in [4.78, 5) is 31.7. The molecule has 7 heteroatoms. The molecule has 2 aliphatic rings. The summed E-state index contributed by atoms with van der Waals surface area (Å²) in [6.07, 6.45) is 6.45. The summed E-state index contributed by atoms with van der Waals surface area (Å²) < 4.78 is 7.50. The molecule has 2 aromatic heterocycles. The van der Waals surface area contributed by atoms with Crippen molar-refractivity contribution in [2.45, 2.75) is 63.3 Å². The van der Waals surface area contributed by atoms with Crippen molar-refractivity contribution in [1.82, 2.24) is 9.55 Å². The fraction of sp³-hybridized carbons (Fsp3) is 0.611. The number of ether oxygens (including phenoxy) is 1. The highest BCUT2D eigenvalue weighted by molar-refractivity contribution is 7.99. The summed E-state index contributed by atoms with van der Waals surface area (Å²) in [5, 5.41) is 1.46. The number of hydrogen-bond acceptors (Lipinski definition) is 6. The van der Waals surface area contributed by atoms with Crippen LogP contribution in [-0.4, -0.2) is 33.8 Å². The first-order chi connectivity index (χ1) is 12.1. The Labute approximate surface area is 154 Å². The largest absolute Gasteiger partial charge is 0.376 e. The van der Waals surface area contributed by atoms with Gasteiger partial charge in [0, 0.05) is 11.5 Å². The minimum Gasteiger partial charge on any atom is -0.376 e. The number of ketones is 1. The zero-order valence-electron chi connectivity index (χ0n) is 14.4. The number of hydrogen-bond donors (Lipinski definition) is 0. The highest BCUT2D eigenvalue weighted by atomic mass is 32.2. The summed E-state index contributed by atoms with van der Waals surface area (Å²) in [7, 11) is 0. The molecule has 0 bridgehead atoms. The molecule has 1 aliphatic carbocycles. The van der Waals surface area contributed by atoms with E-state index in [0.29, 0.717) is 17.5 Å². The van der Waals surface area contributed by atoms with E-state index in [1.807, 2.05) is 0 Å². The van der Waals surface area contributed by atoms with Crippen molar-refractivity contribution in [2.75, 3.05) is 12.4 Å². The minimum absolute atomic E-state index is 0.0472. The van der Waals surface area contributed by atoms with E-state index >= 15 is 0 Å². The van der Waals surface area contributed by atoms with Gasteiger partial charge in [0.25, 0.3) is 5.56 Å². The SMILES string of the molecule is CC(=O)CSc1nc2sc3c(c2c(=O)n1C[C@H]1CCCO1)CCCC3. The van der Waals surface area contributed by atoms with Crippen LogP contribution in [0.1, 0.15) is 43.0 Å². The molecule has 0 saturated carbocycles. The number of aromatic nitrogens is 2. The van der Waals surface area contributed by atoms with Crippen molar-refractivity contribution in [3.8, 4) is 0 Å². The highest BCUT2D eigenvalue weighted by Crippen LogP contribution is 2.34. The van der Waals surface area contributed by atoms with Gasteiger partial charge < -0.3 is 4.74 Å². The van der Waals surface area contributed by atoms with Gasteiger partial charge in [0.1, 0.15) is 10.6 Å². The topological polar surface area (TPSA) is 61.2 Å². The fourth-order valence-corrected chi connectivity index (χ4v) is 5.76. The molecule has 0 amide bonds.